The molecule has 5 heteroatoms. The molecule has 1 aromatic heterocycles. The number of hydrogen-bond donors (Lipinski definition) is 1. The molecular formula is C22H24BFN3. The molecule has 2 N–H and O–H groups in total. The van der Waals surface area contributed by atoms with Crippen molar-refractivity contribution >= 4 is 31.2 Å². The van der Waals surface area contributed by atoms with Crippen molar-refractivity contribution in [2.24, 2.45) is 5.73 Å². The lowest BCUT2D eigenvalue weighted by Gasteiger charge is -2.30. The molecule has 2 aliphatic heterocycles. The maximum atomic E-state index is 15.4. The normalized spacial score (nSPS) is 16.2. The molecule has 2 aromatic rings. The Morgan fingerprint density at radius 1 is 1.26 bits per heavy atom. The van der Waals surface area contributed by atoms with E-state index in [1.54, 1.807) is 15.2 Å². The van der Waals surface area contributed by atoms with E-state index in [0.29, 0.717) is 6.54 Å². The zero-order valence-corrected chi connectivity index (χ0v) is 15.8. The summed E-state index contributed by atoms with van der Waals surface area (Å²) >= 11 is 0. The average molecular weight is 360 g/mol. The maximum Gasteiger partial charge on any atom is 0.533 e. The summed E-state index contributed by atoms with van der Waals surface area (Å²) < 4.78 is 18.9. The number of fused-ring (bicyclic) bond motifs is 2. The summed E-state index contributed by atoms with van der Waals surface area (Å²) in [4.78, 5) is 0. The smallest absolute Gasteiger partial charge is 0.445 e. The van der Waals surface area contributed by atoms with Gasteiger partial charge < -0.3 is 19.0 Å². The van der Waals surface area contributed by atoms with Crippen molar-refractivity contribution in [3.05, 3.63) is 76.3 Å². The third kappa shape index (κ3) is 2.92. The number of halogens is 1. The van der Waals surface area contributed by atoms with Crippen molar-refractivity contribution in [3.63, 3.8) is 0 Å². The molecule has 2 aliphatic rings. The molecule has 0 amide bonds. The van der Waals surface area contributed by atoms with Crippen LogP contribution >= 0.6 is 0 Å². The molecule has 0 fully saturated rings. The Kier molecular flexibility index (Phi) is 4.71. The maximum absolute atomic E-state index is 15.4. The Hall–Kier alpha value is -2.66. The second-order valence-corrected chi connectivity index (χ2v) is 6.99. The first-order valence-electron chi connectivity index (χ1n) is 9.51. The fourth-order valence-corrected chi connectivity index (χ4v) is 4.09. The van der Waals surface area contributed by atoms with Crippen molar-refractivity contribution in [2.75, 3.05) is 6.54 Å². The van der Waals surface area contributed by atoms with Crippen LogP contribution in [0.2, 0.25) is 0 Å². The lowest BCUT2D eigenvalue weighted by Crippen LogP contribution is -2.39. The van der Waals surface area contributed by atoms with Gasteiger partial charge in [-0.3, -0.25) is 0 Å². The Balaban J connectivity index is 1.82. The van der Waals surface area contributed by atoms with Crippen LogP contribution in [0.3, 0.4) is 0 Å². The van der Waals surface area contributed by atoms with E-state index in [4.69, 9.17) is 5.73 Å². The molecule has 0 spiro atoms. The van der Waals surface area contributed by atoms with Gasteiger partial charge in [0.25, 0.3) is 0 Å². The monoisotopic (exact) mass is 360 g/mol. The topological polar surface area (TPSA) is 34.0 Å². The van der Waals surface area contributed by atoms with E-state index in [0.717, 1.165) is 41.1 Å². The molecule has 3 nitrogen and oxygen atoms in total. The summed E-state index contributed by atoms with van der Waals surface area (Å²) in [6.45, 7) is 4.73. The lowest BCUT2D eigenvalue weighted by atomic mass is 9.91. The first-order valence-corrected chi connectivity index (χ1v) is 9.51. The summed E-state index contributed by atoms with van der Waals surface area (Å²) in [5, 5.41) is 0. The van der Waals surface area contributed by atoms with Crippen LogP contribution in [0.5, 0.6) is 0 Å². The van der Waals surface area contributed by atoms with Gasteiger partial charge in [0.1, 0.15) is 6.21 Å². The zero-order valence-electron chi connectivity index (χ0n) is 15.8. The Morgan fingerprint density at radius 2 is 2.07 bits per heavy atom. The molecular weight excluding hydrogens is 336 g/mol. The number of hydrogen-bond acceptors (Lipinski definition) is 1. The van der Waals surface area contributed by atoms with Crippen molar-refractivity contribution in [1.29, 1.82) is 0 Å². The highest BCUT2D eigenvalue weighted by molar-refractivity contribution is 6.43. The molecule has 1 aromatic carbocycles. The van der Waals surface area contributed by atoms with E-state index in [-0.39, 0.29) is 0 Å². The quantitative estimate of drug-likeness (QED) is 0.802. The fraction of sp³-hybridized carbons (Fsp3) is 0.227. The third-order valence-electron chi connectivity index (χ3n) is 5.34. The highest BCUT2D eigenvalue weighted by Crippen LogP contribution is 2.35. The van der Waals surface area contributed by atoms with Crippen LogP contribution in [0.25, 0.3) is 17.7 Å². The van der Waals surface area contributed by atoms with Gasteiger partial charge in [-0.25, -0.2) is 0 Å². The Labute approximate surface area is 160 Å². The number of rotatable bonds is 5. The minimum absolute atomic E-state index is 0.539. The summed E-state index contributed by atoms with van der Waals surface area (Å²) in [5.41, 5.74) is 13.3. The summed E-state index contributed by atoms with van der Waals surface area (Å²) in [5.74, 6) is 0. The zero-order chi connectivity index (χ0) is 19.0. The van der Waals surface area contributed by atoms with Crippen LogP contribution in [0.1, 0.15) is 41.4 Å². The van der Waals surface area contributed by atoms with E-state index in [1.807, 2.05) is 31.2 Å². The number of allylic oxidation sites excluding steroid dienone is 2. The predicted octanol–water partition coefficient (Wildman–Crippen LogP) is 4.06. The summed E-state index contributed by atoms with van der Waals surface area (Å²) in [6, 6.07) is 10.4. The van der Waals surface area contributed by atoms with Crippen LogP contribution in [0, 0.1) is 6.92 Å². The fourth-order valence-electron chi connectivity index (χ4n) is 4.09. The molecule has 0 saturated carbocycles. The molecule has 27 heavy (non-hydrogen) atoms. The van der Waals surface area contributed by atoms with E-state index in [1.165, 1.54) is 11.1 Å². The standard InChI is InChI=1S/C22H24BFN3/c1-3-17-7-4-5-8-18(17)10-11-19-15-16(2)22-20(12-13-25)21-9-6-14-26(21)23(24)27(19)22/h4-11,14-15H,3,12-13,25H2,1-2H3/b11-10+. The molecule has 137 valence electrons. The van der Waals surface area contributed by atoms with Crippen LogP contribution in [-0.4, -0.2) is 29.0 Å². The van der Waals surface area contributed by atoms with E-state index < -0.39 is 7.26 Å². The van der Waals surface area contributed by atoms with E-state index in [2.05, 4.69) is 37.3 Å². The van der Waals surface area contributed by atoms with Crippen molar-refractivity contribution in [1.82, 2.24) is 4.48 Å². The highest BCUT2D eigenvalue weighted by atomic mass is 19.1. The van der Waals surface area contributed by atoms with Crippen molar-refractivity contribution < 1.29 is 8.80 Å². The molecule has 0 atom stereocenters. The number of aryl methyl sites for hydroxylation is 2. The van der Waals surface area contributed by atoms with Crippen LogP contribution in [-0.2, 0) is 6.42 Å². The second kappa shape index (κ2) is 7.16. The predicted molar refractivity (Wildman–Crippen MR) is 112 cm³/mol. The van der Waals surface area contributed by atoms with Gasteiger partial charge in [-0.05, 0) is 55.1 Å². The van der Waals surface area contributed by atoms with Gasteiger partial charge in [0.05, 0.1) is 0 Å². The van der Waals surface area contributed by atoms with Crippen LogP contribution in [0.4, 0.5) is 4.32 Å². The summed E-state index contributed by atoms with van der Waals surface area (Å²) in [7, 11) is -1.25. The molecule has 0 unspecified atom stereocenters. The van der Waals surface area contributed by atoms with Crippen molar-refractivity contribution in [2.45, 2.75) is 26.7 Å². The van der Waals surface area contributed by atoms with Gasteiger partial charge in [-0.1, -0.05) is 37.3 Å². The Bertz CT molecular complexity index is 1010. The molecule has 1 radical (unpaired) electrons. The largest absolute Gasteiger partial charge is 0.533 e. The highest BCUT2D eigenvalue weighted by Gasteiger charge is 2.34. The van der Waals surface area contributed by atoms with Gasteiger partial charge in [-0.2, -0.15) is 0 Å². The lowest BCUT2D eigenvalue weighted by molar-refractivity contribution is -0.329. The molecule has 3 heterocycles. The number of benzene rings is 1. The number of aromatic nitrogens is 1. The molecule has 0 saturated heterocycles. The van der Waals surface area contributed by atoms with Gasteiger partial charge in [0.15, 0.2) is 5.70 Å². The first-order chi connectivity index (χ1) is 13.2. The number of nitrogens with zero attached hydrogens (tertiary/aromatic N) is 2. The van der Waals surface area contributed by atoms with E-state index in [9.17, 15) is 0 Å². The average Bonchev–Trinajstić information content (AvgIpc) is 3.29. The minimum Gasteiger partial charge on any atom is -0.445 e. The van der Waals surface area contributed by atoms with Gasteiger partial charge in [0, 0.05) is 29.1 Å². The minimum atomic E-state index is -1.25. The third-order valence-corrected chi connectivity index (χ3v) is 5.34. The first kappa shape index (κ1) is 17.7. The Morgan fingerprint density at radius 3 is 2.85 bits per heavy atom. The SMILES string of the molecule is CCc1ccccc1/C=C/c1cc(C)c2n1[B-](F)[N+]1=CC=CC1=C2CCN. The summed E-state index contributed by atoms with van der Waals surface area (Å²) in [6.07, 6.45) is 11.5. The van der Waals surface area contributed by atoms with Crippen molar-refractivity contribution in [3.8, 4) is 0 Å². The van der Waals surface area contributed by atoms with Gasteiger partial charge >= 0.3 is 7.26 Å². The van der Waals surface area contributed by atoms with E-state index >= 15 is 4.32 Å². The molecule has 0 aliphatic carbocycles. The number of nitrogens with two attached hydrogens (primary N) is 1. The molecule has 0 bridgehead atoms. The van der Waals surface area contributed by atoms with Gasteiger partial charge in [-0.15, -0.1) is 0 Å². The van der Waals surface area contributed by atoms with Gasteiger partial charge in [0.2, 0.25) is 0 Å². The second-order valence-electron chi connectivity index (χ2n) is 6.99. The van der Waals surface area contributed by atoms with Crippen LogP contribution in [0.15, 0.2) is 48.2 Å². The molecule has 4 rings (SSSR count). The van der Waals surface area contributed by atoms with Crippen LogP contribution < -0.4 is 5.73 Å².